The van der Waals surface area contributed by atoms with Crippen LogP contribution in [-0.2, 0) is 14.3 Å². The first-order valence-corrected chi connectivity index (χ1v) is 8.83. The SMILES string of the molecule is Cc1cc(C)cc(OC(=O)C2CCCCC2C(=O)OCC(C)C)c1. The van der Waals surface area contributed by atoms with Crippen LogP contribution in [0.4, 0.5) is 0 Å². The zero-order valence-electron chi connectivity index (χ0n) is 15.1. The summed E-state index contributed by atoms with van der Waals surface area (Å²) in [6.45, 7) is 8.34. The fourth-order valence-electron chi connectivity index (χ4n) is 3.23. The summed E-state index contributed by atoms with van der Waals surface area (Å²) in [6.07, 6.45) is 3.28. The highest BCUT2D eigenvalue weighted by Gasteiger charge is 2.38. The highest BCUT2D eigenvalue weighted by atomic mass is 16.5. The van der Waals surface area contributed by atoms with Crippen molar-refractivity contribution in [2.24, 2.45) is 17.8 Å². The molecule has 0 aromatic heterocycles. The molecule has 0 saturated heterocycles. The van der Waals surface area contributed by atoms with E-state index in [1.165, 1.54) is 0 Å². The van der Waals surface area contributed by atoms with E-state index < -0.39 is 5.92 Å². The molecule has 0 heterocycles. The molecule has 1 aliphatic rings. The molecule has 2 rings (SSSR count). The van der Waals surface area contributed by atoms with Gasteiger partial charge in [-0.1, -0.05) is 32.8 Å². The van der Waals surface area contributed by atoms with E-state index in [0.717, 1.165) is 24.0 Å². The Morgan fingerprint density at radius 3 is 2.08 bits per heavy atom. The topological polar surface area (TPSA) is 52.6 Å². The average Bonchev–Trinajstić information content (AvgIpc) is 2.51. The highest BCUT2D eigenvalue weighted by Crippen LogP contribution is 2.32. The molecule has 0 bridgehead atoms. The molecule has 4 nitrogen and oxygen atoms in total. The van der Waals surface area contributed by atoms with Crippen molar-refractivity contribution >= 4 is 11.9 Å². The van der Waals surface area contributed by atoms with Crippen molar-refractivity contribution < 1.29 is 19.1 Å². The van der Waals surface area contributed by atoms with Crippen LogP contribution in [0, 0.1) is 31.6 Å². The summed E-state index contributed by atoms with van der Waals surface area (Å²) >= 11 is 0. The second-order valence-corrected chi connectivity index (χ2v) is 7.27. The van der Waals surface area contributed by atoms with Gasteiger partial charge in [-0.15, -0.1) is 0 Å². The number of ether oxygens (including phenoxy) is 2. The summed E-state index contributed by atoms with van der Waals surface area (Å²) in [5, 5.41) is 0. The first-order valence-electron chi connectivity index (χ1n) is 8.83. The molecular formula is C20H28O4. The molecule has 1 aliphatic carbocycles. The molecular weight excluding hydrogens is 304 g/mol. The van der Waals surface area contributed by atoms with Crippen molar-refractivity contribution in [3.8, 4) is 5.75 Å². The Morgan fingerprint density at radius 1 is 1.00 bits per heavy atom. The number of esters is 2. The van der Waals surface area contributed by atoms with Crippen molar-refractivity contribution in [2.45, 2.75) is 53.4 Å². The third-order valence-corrected chi connectivity index (χ3v) is 4.34. The van der Waals surface area contributed by atoms with E-state index in [2.05, 4.69) is 0 Å². The molecule has 1 saturated carbocycles. The molecule has 2 unspecified atom stereocenters. The van der Waals surface area contributed by atoms with E-state index in [1.54, 1.807) is 0 Å². The second-order valence-electron chi connectivity index (χ2n) is 7.27. The van der Waals surface area contributed by atoms with Gasteiger partial charge < -0.3 is 9.47 Å². The van der Waals surface area contributed by atoms with Crippen LogP contribution in [0.1, 0.15) is 50.7 Å². The van der Waals surface area contributed by atoms with E-state index in [0.29, 0.717) is 31.1 Å². The number of hydrogen-bond acceptors (Lipinski definition) is 4. The van der Waals surface area contributed by atoms with Crippen LogP contribution in [-0.4, -0.2) is 18.5 Å². The Morgan fingerprint density at radius 2 is 1.54 bits per heavy atom. The van der Waals surface area contributed by atoms with Gasteiger partial charge in [0.15, 0.2) is 0 Å². The molecule has 1 fully saturated rings. The molecule has 0 N–H and O–H groups in total. The van der Waals surface area contributed by atoms with Crippen molar-refractivity contribution in [2.75, 3.05) is 6.61 Å². The van der Waals surface area contributed by atoms with Gasteiger partial charge in [0, 0.05) is 0 Å². The molecule has 0 spiro atoms. The second kappa shape index (κ2) is 8.32. The summed E-state index contributed by atoms with van der Waals surface area (Å²) in [6, 6.07) is 5.73. The molecule has 1 aromatic rings. The van der Waals surface area contributed by atoms with Crippen molar-refractivity contribution in [1.82, 2.24) is 0 Å². The maximum absolute atomic E-state index is 12.6. The predicted octanol–water partition coefficient (Wildman–Crippen LogP) is 4.21. The lowest BCUT2D eigenvalue weighted by Crippen LogP contribution is -2.36. The maximum Gasteiger partial charge on any atom is 0.315 e. The van der Waals surface area contributed by atoms with Crippen LogP contribution in [0.15, 0.2) is 18.2 Å². The molecule has 4 heteroatoms. The lowest BCUT2D eigenvalue weighted by atomic mass is 9.79. The minimum Gasteiger partial charge on any atom is -0.465 e. The zero-order chi connectivity index (χ0) is 17.7. The Balaban J connectivity index is 2.05. The molecule has 0 amide bonds. The van der Waals surface area contributed by atoms with E-state index >= 15 is 0 Å². The number of carbonyl (C=O) groups excluding carboxylic acids is 2. The van der Waals surface area contributed by atoms with E-state index in [-0.39, 0.29) is 17.9 Å². The van der Waals surface area contributed by atoms with Crippen LogP contribution in [0.25, 0.3) is 0 Å². The van der Waals surface area contributed by atoms with E-state index in [4.69, 9.17) is 9.47 Å². The van der Waals surface area contributed by atoms with Gasteiger partial charge in [0.05, 0.1) is 18.4 Å². The van der Waals surface area contributed by atoms with Crippen LogP contribution in [0.3, 0.4) is 0 Å². The first kappa shape index (κ1) is 18.5. The number of hydrogen-bond donors (Lipinski definition) is 0. The van der Waals surface area contributed by atoms with Crippen molar-refractivity contribution in [3.63, 3.8) is 0 Å². The summed E-state index contributed by atoms with van der Waals surface area (Å²) in [5.41, 5.74) is 2.10. The quantitative estimate of drug-likeness (QED) is 0.598. The first-order chi connectivity index (χ1) is 11.4. The van der Waals surface area contributed by atoms with Gasteiger partial charge in [0.1, 0.15) is 5.75 Å². The minimum atomic E-state index is -0.403. The number of aryl methyl sites for hydroxylation is 2. The Kier molecular flexibility index (Phi) is 6.41. The zero-order valence-corrected chi connectivity index (χ0v) is 15.1. The van der Waals surface area contributed by atoms with Gasteiger partial charge in [-0.3, -0.25) is 9.59 Å². The van der Waals surface area contributed by atoms with Crippen LogP contribution in [0.2, 0.25) is 0 Å². The standard InChI is InChI=1S/C20H28O4/c1-13(2)12-23-19(21)17-7-5-6-8-18(17)20(22)24-16-10-14(3)9-15(4)11-16/h9-11,13,17-18H,5-8,12H2,1-4H3. The Labute approximate surface area is 144 Å². The van der Waals surface area contributed by atoms with Crippen molar-refractivity contribution in [1.29, 1.82) is 0 Å². The van der Waals surface area contributed by atoms with Gasteiger partial charge in [0.2, 0.25) is 0 Å². The van der Waals surface area contributed by atoms with Crippen LogP contribution < -0.4 is 4.74 Å². The van der Waals surface area contributed by atoms with Gasteiger partial charge in [0.25, 0.3) is 0 Å². The lowest BCUT2D eigenvalue weighted by molar-refractivity contribution is -0.159. The van der Waals surface area contributed by atoms with Gasteiger partial charge >= 0.3 is 11.9 Å². The van der Waals surface area contributed by atoms with Crippen LogP contribution >= 0.6 is 0 Å². The smallest absolute Gasteiger partial charge is 0.315 e. The fraction of sp³-hybridized carbons (Fsp3) is 0.600. The monoisotopic (exact) mass is 332 g/mol. The summed E-state index contributed by atoms with van der Waals surface area (Å²) < 4.78 is 10.9. The van der Waals surface area contributed by atoms with Crippen molar-refractivity contribution in [3.05, 3.63) is 29.3 Å². The average molecular weight is 332 g/mol. The largest absolute Gasteiger partial charge is 0.465 e. The molecule has 24 heavy (non-hydrogen) atoms. The van der Waals surface area contributed by atoms with E-state index in [1.807, 2.05) is 45.9 Å². The molecule has 132 valence electrons. The maximum atomic E-state index is 12.6. The summed E-state index contributed by atoms with van der Waals surface area (Å²) in [5.74, 6) is -0.511. The Bertz CT molecular complexity index is 571. The number of carbonyl (C=O) groups is 2. The third kappa shape index (κ3) is 5.08. The number of benzene rings is 1. The normalized spacial score (nSPS) is 20.7. The van der Waals surface area contributed by atoms with Gasteiger partial charge in [-0.05, 0) is 55.9 Å². The number of rotatable bonds is 5. The molecule has 0 aliphatic heterocycles. The highest BCUT2D eigenvalue weighted by molar-refractivity contribution is 5.83. The van der Waals surface area contributed by atoms with Gasteiger partial charge in [-0.2, -0.15) is 0 Å². The molecule has 1 aromatic carbocycles. The predicted molar refractivity (Wildman–Crippen MR) is 92.8 cm³/mol. The summed E-state index contributed by atoms with van der Waals surface area (Å²) in [4.78, 5) is 25.0. The van der Waals surface area contributed by atoms with Crippen LogP contribution in [0.5, 0.6) is 5.75 Å². The van der Waals surface area contributed by atoms with Gasteiger partial charge in [-0.25, -0.2) is 0 Å². The third-order valence-electron chi connectivity index (χ3n) is 4.34. The minimum absolute atomic E-state index is 0.259. The fourth-order valence-corrected chi connectivity index (χ4v) is 3.23. The summed E-state index contributed by atoms with van der Waals surface area (Å²) in [7, 11) is 0. The molecule has 2 atom stereocenters. The van der Waals surface area contributed by atoms with E-state index in [9.17, 15) is 9.59 Å². The Hall–Kier alpha value is -1.84. The molecule has 0 radical (unpaired) electrons. The lowest BCUT2D eigenvalue weighted by Gasteiger charge is -2.28.